The van der Waals surface area contributed by atoms with E-state index in [1.165, 1.54) is 6.42 Å². The van der Waals surface area contributed by atoms with E-state index in [0.29, 0.717) is 13.2 Å². The number of fused-ring (bicyclic) bond motifs is 1. The van der Waals surface area contributed by atoms with E-state index in [0.717, 1.165) is 32.1 Å². The molecule has 1 N–H and O–H groups in total. The number of carbonyl (C=O) groups excluding carboxylic acids is 1. The number of hydrogen-bond acceptors (Lipinski definition) is 4. The Morgan fingerprint density at radius 3 is 2.68 bits per heavy atom. The maximum absolute atomic E-state index is 12.8. The molecule has 0 aromatic heterocycles. The van der Waals surface area contributed by atoms with Gasteiger partial charge in [0.2, 0.25) is 5.91 Å². The van der Waals surface area contributed by atoms with Gasteiger partial charge in [0.1, 0.15) is 6.04 Å². The van der Waals surface area contributed by atoms with Crippen molar-refractivity contribution in [2.75, 3.05) is 19.7 Å². The fourth-order valence-electron chi connectivity index (χ4n) is 3.78. The van der Waals surface area contributed by atoms with Crippen LogP contribution in [0.1, 0.15) is 45.4 Å². The molecule has 3 aliphatic rings. The number of morpholine rings is 1. The van der Waals surface area contributed by atoms with Crippen LogP contribution in [0.5, 0.6) is 0 Å². The monoisotopic (exact) mass is 310 g/mol. The van der Waals surface area contributed by atoms with Crippen LogP contribution >= 0.6 is 0 Å². The fraction of sp³-hybridized carbons (Fsp3) is 0.875. The van der Waals surface area contributed by atoms with E-state index < -0.39 is 12.0 Å². The molecule has 0 spiro atoms. The van der Waals surface area contributed by atoms with Gasteiger partial charge in [0, 0.05) is 12.6 Å². The predicted octanol–water partition coefficient (Wildman–Crippen LogP) is 1.09. The van der Waals surface area contributed by atoms with E-state index in [9.17, 15) is 14.7 Å². The summed E-state index contributed by atoms with van der Waals surface area (Å²) >= 11 is 0. The molecule has 1 aliphatic heterocycles. The summed E-state index contributed by atoms with van der Waals surface area (Å²) in [4.78, 5) is 27.8. The fourth-order valence-corrected chi connectivity index (χ4v) is 3.78. The number of nitrogens with zero attached hydrogens (tertiary/aromatic N) is 2. The third kappa shape index (κ3) is 3.27. The molecule has 0 aromatic carbocycles. The van der Waals surface area contributed by atoms with Gasteiger partial charge in [-0.2, -0.15) is 0 Å². The molecule has 3 unspecified atom stereocenters. The first-order valence-electron chi connectivity index (χ1n) is 8.47. The number of aliphatic carboxylic acids is 1. The van der Waals surface area contributed by atoms with Gasteiger partial charge in [-0.15, -0.1) is 0 Å². The molecular formula is C16H26N2O4. The summed E-state index contributed by atoms with van der Waals surface area (Å²) in [5.74, 6) is -0.780. The quantitative estimate of drug-likeness (QED) is 0.823. The van der Waals surface area contributed by atoms with E-state index in [4.69, 9.17) is 4.74 Å². The third-order valence-electron chi connectivity index (χ3n) is 5.24. The van der Waals surface area contributed by atoms with Gasteiger partial charge in [0.05, 0.1) is 25.3 Å². The number of rotatable bonds is 5. The van der Waals surface area contributed by atoms with Crippen molar-refractivity contribution in [3.63, 3.8) is 0 Å². The molecule has 1 saturated heterocycles. The van der Waals surface area contributed by atoms with E-state index >= 15 is 0 Å². The summed E-state index contributed by atoms with van der Waals surface area (Å²) in [7, 11) is 0. The molecule has 3 atom stereocenters. The molecule has 22 heavy (non-hydrogen) atoms. The molecule has 6 heteroatoms. The molecule has 0 radical (unpaired) electrons. The lowest BCUT2D eigenvalue weighted by Crippen LogP contribution is -2.57. The Hall–Kier alpha value is -1.14. The lowest BCUT2D eigenvalue weighted by molar-refractivity contribution is -0.153. The van der Waals surface area contributed by atoms with Crippen LogP contribution < -0.4 is 0 Å². The molecule has 6 nitrogen and oxygen atoms in total. The number of amides is 1. The highest BCUT2D eigenvalue weighted by atomic mass is 16.5. The second-order valence-corrected chi connectivity index (χ2v) is 6.77. The molecular weight excluding hydrogens is 284 g/mol. The Labute approximate surface area is 131 Å². The normalized spacial score (nSPS) is 30.0. The lowest BCUT2D eigenvalue weighted by Gasteiger charge is -2.44. The molecule has 0 aromatic rings. The zero-order valence-electron chi connectivity index (χ0n) is 13.2. The van der Waals surface area contributed by atoms with Gasteiger partial charge < -0.3 is 14.7 Å². The van der Waals surface area contributed by atoms with Gasteiger partial charge in [-0.3, -0.25) is 14.5 Å². The number of carboxylic acid groups (broad SMARTS) is 1. The van der Waals surface area contributed by atoms with Crippen LogP contribution in [0.25, 0.3) is 0 Å². The van der Waals surface area contributed by atoms with Gasteiger partial charge in [-0.25, -0.2) is 0 Å². The molecule has 0 bridgehead atoms. The Bertz CT molecular complexity index is 436. The summed E-state index contributed by atoms with van der Waals surface area (Å²) in [5, 5.41) is 9.25. The van der Waals surface area contributed by atoms with Gasteiger partial charge in [0.15, 0.2) is 0 Å². The van der Waals surface area contributed by atoms with Crippen molar-refractivity contribution in [1.29, 1.82) is 0 Å². The minimum absolute atomic E-state index is 0.0696. The second kappa shape index (κ2) is 6.54. The average Bonchev–Trinajstić information content (AvgIpc) is 3.35. The van der Waals surface area contributed by atoms with E-state index in [1.807, 2.05) is 9.80 Å². The highest BCUT2D eigenvalue weighted by molar-refractivity contribution is 5.80. The first-order valence-corrected chi connectivity index (χ1v) is 8.47. The first kappa shape index (κ1) is 15.7. The summed E-state index contributed by atoms with van der Waals surface area (Å²) in [6.45, 7) is 3.14. The Morgan fingerprint density at radius 1 is 1.27 bits per heavy atom. The van der Waals surface area contributed by atoms with Crippen LogP contribution in [0.3, 0.4) is 0 Å². The van der Waals surface area contributed by atoms with Gasteiger partial charge in [0.25, 0.3) is 0 Å². The summed E-state index contributed by atoms with van der Waals surface area (Å²) in [6, 6.07) is -0.144. The highest BCUT2D eigenvalue weighted by Crippen LogP contribution is 2.31. The molecule has 3 rings (SSSR count). The lowest BCUT2D eigenvalue weighted by atomic mass is 9.90. The molecule has 1 amide bonds. The zero-order valence-corrected chi connectivity index (χ0v) is 13.2. The average molecular weight is 310 g/mol. The second-order valence-electron chi connectivity index (χ2n) is 6.77. The standard InChI is InChI=1S/C16H26N2O4/c1-11(16(20)21)18(12-6-7-12)10-15(19)17-8-9-22-14-5-3-2-4-13(14)17/h11-14H,2-10H2,1H3,(H,20,21). The van der Waals surface area contributed by atoms with Crippen LogP contribution in [-0.4, -0.2) is 70.7 Å². The Kier molecular flexibility index (Phi) is 4.68. The van der Waals surface area contributed by atoms with Crippen LogP contribution in [-0.2, 0) is 14.3 Å². The Balaban J connectivity index is 1.65. The van der Waals surface area contributed by atoms with Crippen LogP contribution in [0.15, 0.2) is 0 Å². The number of hydrogen-bond donors (Lipinski definition) is 1. The maximum Gasteiger partial charge on any atom is 0.320 e. The Morgan fingerprint density at radius 2 is 2.00 bits per heavy atom. The topological polar surface area (TPSA) is 70.1 Å². The van der Waals surface area contributed by atoms with Crippen LogP contribution in [0.2, 0.25) is 0 Å². The van der Waals surface area contributed by atoms with Crippen LogP contribution in [0.4, 0.5) is 0 Å². The first-order chi connectivity index (χ1) is 10.6. The molecule has 3 fully saturated rings. The maximum atomic E-state index is 12.8. The SMILES string of the molecule is CC(C(=O)O)N(CC(=O)N1CCOC2CCCCC21)C1CC1. The van der Waals surface area contributed by atoms with Crippen molar-refractivity contribution in [1.82, 2.24) is 9.80 Å². The number of ether oxygens (including phenoxy) is 1. The van der Waals surface area contributed by atoms with Crippen molar-refractivity contribution >= 4 is 11.9 Å². The van der Waals surface area contributed by atoms with Gasteiger partial charge in [-0.05, 0) is 32.6 Å². The minimum atomic E-state index is -0.850. The van der Waals surface area contributed by atoms with Gasteiger partial charge in [-0.1, -0.05) is 12.8 Å². The van der Waals surface area contributed by atoms with Crippen molar-refractivity contribution in [3.05, 3.63) is 0 Å². The van der Waals surface area contributed by atoms with Crippen molar-refractivity contribution in [2.45, 2.75) is 69.7 Å². The van der Waals surface area contributed by atoms with Crippen molar-refractivity contribution in [3.8, 4) is 0 Å². The van der Waals surface area contributed by atoms with Crippen molar-refractivity contribution in [2.24, 2.45) is 0 Å². The summed E-state index contributed by atoms with van der Waals surface area (Å²) < 4.78 is 5.81. The predicted molar refractivity (Wildman–Crippen MR) is 80.5 cm³/mol. The van der Waals surface area contributed by atoms with E-state index in [1.54, 1.807) is 6.92 Å². The number of carbonyl (C=O) groups is 2. The number of carboxylic acids is 1. The summed E-state index contributed by atoms with van der Waals surface area (Å²) in [5.41, 5.74) is 0. The minimum Gasteiger partial charge on any atom is -0.480 e. The molecule has 2 saturated carbocycles. The molecule has 124 valence electrons. The van der Waals surface area contributed by atoms with E-state index in [2.05, 4.69) is 0 Å². The highest BCUT2D eigenvalue weighted by Gasteiger charge is 2.40. The van der Waals surface area contributed by atoms with Crippen LogP contribution in [0, 0.1) is 0 Å². The third-order valence-corrected chi connectivity index (χ3v) is 5.24. The molecule has 2 aliphatic carbocycles. The molecule has 1 heterocycles. The zero-order chi connectivity index (χ0) is 15.7. The summed E-state index contributed by atoms with van der Waals surface area (Å²) in [6.07, 6.45) is 6.54. The largest absolute Gasteiger partial charge is 0.480 e. The van der Waals surface area contributed by atoms with E-state index in [-0.39, 0.29) is 30.6 Å². The van der Waals surface area contributed by atoms with Gasteiger partial charge >= 0.3 is 5.97 Å². The van der Waals surface area contributed by atoms with Crippen molar-refractivity contribution < 1.29 is 19.4 Å². The smallest absolute Gasteiger partial charge is 0.320 e.